The highest BCUT2D eigenvalue weighted by atomic mass is 16.5. The van der Waals surface area contributed by atoms with Crippen molar-refractivity contribution < 1.29 is 19.4 Å². The van der Waals surface area contributed by atoms with E-state index in [1.54, 1.807) is 18.2 Å². The van der Waals surface area contributed by atoms with E-state index in [1.165, 1.54) is 7.11 Å². The predicted molar refractivity (Wildman–Crippen MR) is 73.2 cm³/mol. The van der Waals surface area contributed by atoms with Gasteiger partial charge in [0.25, 0.3) is 0 Å². The van der Waals surface area contributed by atoms with E-state index in [-0.39, 0.29) is 6.61 Å². The Labute approximate surface area is 113 Å². The summed E-state index contributed by atoms with van der Waals surface area (Å²) >= 11 is 0. The molecule has 0 heterocycles. The maximum absolute atomic E-state index is 11.8. The average molecular weight is 267 g/mol. The van der Waals surface area contributed by atoms with Crippen LogP contribution in [0.15, 0.2) is 18.2 Å². The van der Waals surface area contributed by atoms with Gasteiger partial charge in [-0.2, -0.15) is 0 Å². The molecule has 0 atom stereocenters. The molecule has 0 spiro atoms. The van der Waals surface area contributed by atoms with Gasteiger partial charge in [0.2, 0.25) is 0 Å². The first-order valence-electron chi connectivity index (χ1n) is 6.40. The maximum atomic E-state index is 11.8. The maximum Gasteiger partial charge on any atom is 0.338 e. The summed E-state index contributed by atoms with van der Waals surface area (Å²) in [5.41, 5.74) is 6.53. The van der Waals surface area contributed by atoms with Gasteiger partial charge in [-0.3, -0.25) is 0 Å². The number of benzene rings is 1. The third-order valence-electron chi connectivity index (χ3n) is 2.69. The largest absolute Gasteiger partial charge is 0.497 e. The van der Waals surface area contributed by atoms with Gasteiger partial charge in [0.1, 0.15) is 5.75 Å². The number of methoxy groups -OCH3 is 1. The van der Waals surface area contributed by atoms with E-state index in [4.69, 9.17) is 20.3 Å². The Morgan fingerprint density at radius 2 is 1.95 bits per heavy atom. The number of esters is 1. The Morgan fingerprint density at radius 3 is 2.63 bits per heavy atom. The van der Waals surface area contributed by atoms with Crippen LogP contribution in [-0.2, 0) is 4.74 Å². The van der Waals surface area contributed by atoms with Crippen LogP contribution in [0.1, 0.15) is 36.0 Å². The number of aliphatic hydroxyl groups excluding tert-OH is 1. The number of anilines is 1. The highest BCUT2D eigenvalue weighted by molar-refractivity contribution is 5.91. The first-order valence-corrected chi connectivity index (χ1v) is 6.40. The van der Waals surface area contributed by atoms with Crippen molar-refractivity contribution in [3.63, 3.8) is 0 Å². The van der Waals surface area contributed by atoms with Crippen molar-refractivity contribution in [2.75, 3.05) is 26.1 Å². The number of ether oxygens (including phenoxy) is 2. The molecule has 0 aliphatic rings. The fraction of sp³-hybridized carbons (Fsp3) is 0.500. The molecule has 5 heteroatoms. The number of nitrogens with two attached hydrogens (primary N) is 1. The number of carbonyl (C=O) groups is 1. The molecule has 0 radical (unpaired) electrons. The zero-order valence-electron chi connectivity index (χ0n) is 11.2. The summed E-state index contributed by atoms with van der Waals surface area (Å²) in [4.78, 5) is 11.8. The molecule has 0 unspecified atom stereocenters. The molecule has 0 aliphatic heterocycles. The summed E-state index contributed by atoms with van der Waals surface area (Å²) < 4.78 is 10.2. The van der Waals surface area contributed by atoms with Crippen molar-refractivity contribution in [1.29, 1.82) is 0 Å². The molecule has 5 nitrogen and oxygen atoms in total. The molecular weight excluding hydrogens is 246 g/mol. The van der Waals surface area contributed by atoms with Crippen molar-refractivity contribution in [2.45, 2.75) is 25.7 Å². The van der Waals surface area contributed by atoms with E-state index >= 15 is 0 Å². The van der Waals surface area contributed by atoms with Gasteiger partial charge in [-0.1, -0.05) is 6.42 Å². The van der Waals surface area contributed by atoms with Crippen LogP contribution in [0.3, 0.4) is 0 Å². The molecular formula is C14H21NO4. The SMILES string of the molecule is COc1cc(N)cc(C(=O)OCCCCCCO)c1. The van der Waals surface area contributed by atoms with E-state index < -0.39 is 5.97 Å². The second kappa shape index (κ2) is 8.37. The molecule has 1 aromatic rings. The van der Waals surface area contributed by atoms with Crippen LogP contribution >= 0.6 is 0 Å². The minimum absolute atomic E-state index is 0.211. The van der Waals surface area contributed by atoms with E-state index in [0.29, 0.717) is 23.6 Å². The quantitative estimate of drug-likeness (QED) is 0.427. The van der Waals surface area contributed by atoms with Gasteiger partial charge in [0.05, 0.1) is 19.3 Å². The monoisotopic (exact) mass is 267 g/mol. The third kappa shape index (κ3) is 5.61. The third-order valence-corrected chi connectivity index (χ3v) is 2.69. The van der Waals surface area contributed by atoms with Gasteiger partial charge in [-0.15, -0.1) is 0 Å². The molecule has 0 saturated carbocycles. The molecule has 1 rings (SSSR count). The van der Waals surface area contributed by atoms with E-state index in [1.807, 2.05) is 0 Å². The van der Waals surface area contributed by atoms with Crippen LogP contribution in [0.25, 0.3) is 0 Å². The normalized spacial score (nSPS) is 10.2. The molecule has 0 bridgehead atoms. The van der Waals surface area contributed by atoms with Crippen molar-refractivity contribution in [3.05, 3.63) is 23.8 Å². The van der Waals surface area contributed by atoms with Crippen LogP contribution in [0.4, 0.5) is 5.69 Å². The second-order valence-corrected chi connectivity index (χ2v) is 4.27. The Kier molecular flexibility index (Phi) is 6.74. The molecule has 1 aromatic carbocycles. The standard InChI is InChI=1S/C14H21NO4/c1-18-13-9-11(8-12(15)10-13)14(17)19-7-5-3-2-4-6-16/h8-10,16H,2-7,15H2,1H3. The van der Waals surface area contributed by atoms with Gasteiger partial charge in [0.15, 0.2) is 0 Å². The number of carbonyl (C=O) groups excluding carboxylic acids is 1. The molecule has 0 aliphatic carbocycles. The van der Waals surface area contributed by atoms with Crippen molar-refractivity contribution in [1.82, 2.24) is 0 Å². The lowest BCUT2D eigenvalue weighted by molar-refractivity contribution is 0.0497. The molecule has 19 heavy (non-hydrogen) atoms. The molecule has 0 aromatic heterocycles. The minimum atomic E-state index is -0.396. The Morgan fingerprint density at radius 1 is 1.21 bits per heavy atom. The summed E-state index contributed by atoms with van der Waals surface area (Å²) in [6.07, 6.45) is 3.47. The highest BCUT2D eigenvalue weighted by Gasteiger charge is 2.09. The van der Waals surface area contributed by atoms with Crippen LogP contribution in [0, 0.1) is 0 Å². The molecule has 0 amide bonds. The van der Waals surface area contributed by atoms with Crippen LogP contribution < -0.4 is 10.5 Å². The van der Waals surface area contributed by atoms with Gasteiger partial charge < -0.3 is 20.3 Å². The number of hydrogen-bond donors (Lipinski definition) is 2. The lowest BCUT2D eigenvalue weighted by Crippen LogP contribution is -2.07. The zero-order valence-corrected chi connectivity index (χ0v) is 11.2. The number of aliphatic hydroxyl groups is 1. The Bertz CT molecular complexity index is 406. The van der Waals surface area contributed by atoms with Crippen LogP contribution in [0.2, 0.25) is 0 Å². The van der Waals surface area contributed by atoms with Crippen molar-refractivity contribution in [3.8, 4) is 5.75 Å². The minimum Gasteiger partial charge on any atom is -0.497 e. The van der Waals surface area contributed by atoms with Crippen LogP contribution in [0.5, 0.6) is 5.75 Å². The number of rotatable bonds is 8. The molecule has 0 fully saturated rings. The lowest BCUT2D eigenvalue weighted by atomic mass is 10.2. The Hall–Kier alpha value is -1.75. The van der Waals surface area contributed by atoms with Gasteiger partial charge >= 0.3 is 5.97 Å². The van der Waals surface area contributed by atoms with Gasteiger partial charge in [-0.05, 0) is 31.4 Å². The smallest absolute Gasteiger partial charge is 0.338 e. The number of unbranched alkanes of at least 4 members (excludes halogenated alkanes) is 3. The topological polar surface area (TPSA) is 81.8 Å². The summed E-state index contributed by atoms with van der Waals surface area (Å²) in [7, 11) is 1.52. The highest BCUT2D eigenvalue weighted by Crippen LogP contribution is 2.19. The fourth-order valence-corrected chi connectivity index (χ4v) is 1.67. The molecule has 3 N–H and O–H groups in total. The summed E-state index contributed by atoms with van der Waals surface area (Å²) in [6, 6.07) is 4.81. The zero-order chi connectivity index (χ0) is 14.1. The summed E-state index contributed by atoms with van der Waals surface area (Å²) in [6.45, 7) is 0.588. The van der Waals surface area contributed by atoms with E-state index in [9.17, 15) is 4.79 Å². The van der Waals surface area contributed by atoms with Crippen molar-refractivity contribution >= 4 is 11.7 Å². The van der Waals surface area contributed by atoms with Crippen LogP contribution in [-0.4, -0.2) is 31.4 Å². The van der Waals surface area contributed by atoms with E-state index in [2.05, 4.69) is 0 Å². The van der Waals surface area contributed by atoms with Gasteiger partial charge in [0, 0.05) is 18.4 Å². The molecule has 0 saturated heterocycles. The number of nitrogen functional groups attached to an aromatic ring is 1. The predicted octanol–water partition coefficient (Wildman–Crippen LogP) is 1.99. The first kappa shape index (κ1) is 15.3. The summed E-state index contributed by atoms with van der Waals surface area (Å²) in [5, 5.41) is 8.63. The summed E-state index contributed by atoms with van der Waals surface area (Å²) in [5.74, 6) is 0.141. The fourth-order valence-electron chi connectivity index (χ4n) is 1.67. The van der Waals surface area contributed by atoms with Gasteiger partial charge in [-0.25, -0.2) is 4.79 Å². The number of hydrogen-bond acceptors (Lipinski definition) is 5. The average Bonchev–Trinajstić information content (AvgIpc) is 2.41. The second-order valence-electron chi connectivity index (χ2n) is 4.27. The van der Waals surface area contributed by atoms with E-state index in [0.717, 1.165) is 25.7 Å². The first-order chi connectivity index (χ1) is 9.17. The lowest BCUT2D eigenvalue weighted by Gasteiger charge is -2.07. The molecule has 106 valence electrons. The van der Waals surface area contributed by atoms with Crippen molar-refractivity contribution in [2.24, 2.45) is 0 Å². The Balaban J connectivity index is 2.39.